The zero-order valence-electron chi connectivity index (χ0n) is 12.0. The highest BCUT2D eigenvalue weighted by Crippen LogP contribution is 2.26. The van der Waals surface area contributed by atoms with E-state index in [1.807, 2.05) is 11.8 Å². The first-order valence-corrected chi connectivity index (χ1v) is 8.32. The maximum Gasteiger partial charge on any atom is 0.144 e. The number of rotatable bonds is 8. The molecule has 1 aromatic rings. The Bertz CT molecular complexity index is 402. The van der Waals surface area contributed by atoms with Crippen molar-refractivity contribution >= 4 is 33.5 Å². The monoisotopic (exact) mass is 347 g/mol. The molecule has 0 aliphatic rings. The van der Waals surface area contributed by atoms with Crippen LogP contribution in [0.4, 0.5) is 5.82 Å². The van der Waals surface area contributed by atoms with Crippen molar-refractivity contribution in [2.24, 2.45) is 0 Å². The first-order chi connectivity index (χ1) is 9.08. The first-order valence-electron chi connectivity index (χ1n) is 6.48. The summed E-state index contributed by atoms with van der Waals surface area (Å²) in [7, 11) is 1.68. The average Bonchev–Trinajstić information content (AvgIpc) is 2.38. The van der Waals surface area contributed by atoms with E-state index in [0.29, 0.717) is 11.9 Å². The van der Waals surface area contributed by atoms with Crippen LogP contribution in [0.3, 0.4) is 0 Å². The first kappa shape index (κ1) is 16.7. The Balaban J connectivity index is 2.93. The average molecular weight is 348 g/mol. The van der Waals surface area contributed by atoms with Crippen molar-refractivity contribution in [3.63, 3.8) is 0 Å². The van der Waals surface area contributed by atoms with Gasteiger partial charge in [-0.1, -0.05) is 20.8 Å². The Morgan fingerprint density at radius 1 is 1.37 bits per heavy atom. The van der Waals surface area contributed by atoms with Crippen molar-refractivity contribution in [3.05, 3.63) is 16.0 Å². The summed E-state index contributed by atoms with van der Waals surface area (Å²) in [6.45, 7) is 7.88. The molecule has 1 N–H and O–H groups in total. The number of hydrogen-bond donors (Lipinski definition) is 1. The second-order valence-electron chi connectivity index (χ2n) is 4.47. The third-order valence-corrected chi connectivity index (χ3v) is 4.26. The Morgan fingerprint density at radius 3 is 2.68 bits per heavy atom. The Kier molecular flexibility index (Phi) is 7.71. The van der Waals surface area contributed by atoms with E-state index in [1.54, 1.807) is 7.11 Å². The van der Waals surface area contributed by atoms with E-state index in [0.717, 1.165) is 40.5 Å². The second kappa shape index (κ2) is 8.76. The summed E-state index contributed by atoms with van der Waals surface area (Å²) in [4.78, 5) is 9.14. The molecule has 1 heterocycles. The molecule has 108 valence electrons. The van der Waals surface area contributed by atoms with Crippen LogP contribution in [0.5, 0.6) is 0 Å². The van der Waals surface area contributed by atoms with Gasteiger partial charge in [0.2, 0.25) is 0 Å². The summed E-state index contributed by atoms with van der Waals surface area (Å²) in [5, 5.41) is 3.90. The number of hydrogen-bond acceptors (Lipinski definition) is 5. The molecule has 1 rings (SSSR count). The van der Waals surface area contributed by atoms with Crippen LogP contribution < -0.4 is 5.32 Å². The Labute approximate surface area is 128 Å². The lowest BCUT2D eigenvalue weighted by molar-refractivity contribution is 0.180. The number of nitrogens with zero attached hydrogens (tertiary/aromatic N) is 2. The molecule has 19 heavy (non-hydrogen) atoms. The van der Waals surface area contributed by atoms with E-state index in [2.05, 4.69) is 52.0 Å². The largest absolute Gasteiger partial charge is 0.378 e. The highest BCUT2D eigenvalue weighted by atomic mass is 79.9. The number of aromatic nitrogens is 2. The van der Waals surface area contributed by atoms with Crippen LogP contribution >= 0.6 is 27.7 Å². The minimum atomic E-state index is 0.489. The fourth-order valence-electron chi connectivity index (χ4n) is 1.44. The van der Waals surface area contributed by atoms with Crippen LogP contribution in [-0.2, 0) is 17.1 Å². The van der Waals surface area contributed by atoms with Crippen molar-refractivity contribution < 1.29 is 4.74 Å². The van der Waals surface area contributed by atoms with Gasteiger partial charge in [-0.25, -0.2) is 9.97 Å². The van der Waals surface area contributed by atoms with Crippen LogP contribution in [0.15, 0.2) is 4.47 Å². The zero-order chi connectivity index (χ0) is 14.3. The van der Waals surface area contributed by atoms with Gasteiger partial charge in [-0.3, -0.25) is 0 Å². The van der Waals surface area contributed by atoms with Crippen molar-refractivity contribution in [1.82, 2.24) is 9.97 Å². The molecule has 4 nitrogen and oxygen atoms in total. The summed E-state index contributed by atoms with van der Waals surface area (Å²) in [6.07, 6.45) is 1.06. The van der Waals surface area contributed by atoms with Gasteiger partial charge < -0.3 is 10.1 Å². The smallest absolute Gasteiger partial charge is 0.144 e. The van der Waals surface area contributed by atoms with Crippen LogP contribution in [0.1, 0.15) is 38.7 Å². The number of thioether (sulfide) groups is 1. The number of anilines is 1. The summed E-state index contributed by atoms with van der Waals surface area (Å²) >= 11 is 5.39. The van der Waals surface area contributed by atoms with Gasteiger partial charge in [-0.15, -0.1) is 0 Å². The van der Waals surface area contributed by atoms with Crippen molar-refractivity contribution in [2.45, 2.75) is 44.8 Å². The predicted octanol–water partition coefficient (Wildman–Crippen LogP) is 3.85. The number of nitrogens with one attached hydrogen (secondary N) is 1. The lowest BCUT2D eigenvalue weighted by Gasteiger charge is -2.13. The maximum atomic E-state index is 5.19. The second-order valence-corrected chi connectivity index (χ2v) is 6.83. The van der Waals surface area contributed by atoms with E-state index in [-0.39, 0.29) is 0 Å². The van der Waals surface area contributed by atoms with E-state index >= 15 is 0 Å². The lowest BCUT2D eigenvalue weighted by atomic mass is 10.3. The van der Waals surface area contributed by atoms with Gasteiger partial charge in [0.15, 0.2) is 0 Å². The summed E-state index contributed by atoms with van der Waals surface area (Å²) in [5.74, 6) is 2.54. The molecular weight excluding hydrogens is 326 g/mol. The molecule has 0 aromatic carbocycles. The number of methoxy groups -OCH3 is 1. The molecular formula is C13H22BrN3OS. The summed E-state index contributed by atoms with van der Waals surface area (Å²) < 4.78 is 6.10. The topological polar surface area (TPSA) is 47.0 Å². The van der Waals surface area contributed by atoms with E-state index in [4.69, 9.17) is 4.74 Å². The molecule has 0 aliphatic carbocycles. The summed E-state index contributed by atoms with van der Waals surface area (Å²) in [6, 6.07) is 0. The zero-order valence-corrected chi connectivity index (χ0v) is 14.4. The van der Waals surface area contributed by atoms with Crippen LogP contribution in [0.25, 0.3) is 0 Å². The molecule has 6 heteroatoms. The Hall–Kier alpha value is -0.330. The van der Waals surface area contributed by atoms with Gasteiger partial charge in [0.05, 0.1) is 22.5 Å². The van der Waals surface area contributed by atoms with Crippen molar-refractivity contribution in [1.29, 1.82) is 0 Å². The molecule has 0 aliphatic heterocycles. The minimum Gasteiger partial charge on any atom is -0.378 e. The third kappa shape index (κ3) is 5.67. The Morgan fingerprint density at radius 2 is 2.11 bits per heavy atom. The van der Waals surface area contributed by atoms with Crippen molar-refractivity contribution in [2.75, 3.05) is 19.0 Å². The van der Waals surface area contributed by atoms with E-state index < -0.39 is 0 Å². The van der Waals surface area contributed by atoms with Gasteiger partial charge >= 0.3 is 0 Å². The van der Waals surface area contributed by atoms with Gasteiger partial charge in [-0.05, 0) is 27.6 Å². The van der Waals surface area contributed by atoms with E-state index in [9.17, 15) is 0 Å². The van der Waals surface area contributed by atoms with Crippen LogP contribution in [0.2, 0.25) is 0 Å². The molecule has 0 saturated carbocycles. The van der Waals surface area contributed by atoms with Gasteiger partial charge in [0, 0.05) is 13.7 Å². The molecule has 0 bridgehead atoms. The third-order valence-electron chi connectivity index (χ3n) is 2.34. The molecule has 0 fully saturated rings. The fraction of sp³-hybridized carbons (Fsp3) is 0.692. The van der Waals surface area contributed by atoms with Gasteiger partial charge in [-0.2, -0.15) is 11.8 Å². The maximum absolute atomic E-state index is 5.19. The number of halogens is 1. The van der Waals surface area contributed by atoms with Crippen LogP contribution in [0, 0.1) is 0 Å². The van der Waals surface area contributed by atoms with Crippen LogP contribution in [-0.4, -0.2) is 28.9 Å². The molecule has 0 saturated heterocycles. The standard InChI is InChI=1S/C13H22BrN3OS/c1-5-6-15-13-12(14)10(7-18-4)16-11(17-13)8-19-9(2)3/h9H,5-8H2,1-4H3,(H,15,16,17). The fourth-order valence-corrected chi connectivity index (χ4v) is 2.49. The highest BCUT2D eigenvalue weighted by molar-refractivity contribution is 9.10. The quantitative estimate of drug-likeness (QED) is 0.773. The van der Waals surface area contributed by atoms with Crippen molar-refractivity contribution in [3.8, 4) is 0 Å². The molecule has 1 aromatic heterocycles. The lowest BCUT2D eigenvalue weighted by Crippen LogP contribution is -2.09. The molecule has 0 atom stereocenters. The molecule has 0 radical (unpaired) electrons. The van der Waals surface area contributed by atoms with Gasteiger partial charge in [0.25, 0.3) is 0 Å². The predicted molar refractivity (Wildman–Crippen MR) is 85.7 cm³/mol. The minimum absolute atomic E-state index is 0.489. The SMILES string of the molecule is CCCNc1nc(CSC(C)C)nc(COC)c1Br. The number of ether oxygens (including phenoxy) is 1. The van der Waals surface area contributed by atoms with E-state index in [1.165, 1.54) is 0 Å². The highest BCUT2D eigenvalue weighted by Gasteiger charge is 2.12. The molecule has 0 spiro atoms. The normalized spacial score (nSPS) is 11.1. The van der Waals surface area contributed by atoms with Gasteiger partial charge in [0.1, 0.15) is 11.6 Å². The molecule has 0 amide bonds. The molecule has 0 unspecified atom stereocenters. The summed E-state index contributed by atoms with van der Waals surface area (Å²) in [5.41, 5.74) is 0.899.